The van der Waals surface area contributed by atoms with E-state index >= 15 is 0 Å². The molecule has 0 bridgehead atoms. The first-order valence-corrected chi connectivity index (χ1v) is 10.5. The molecule has 0 fully saturated rings. The monoisotopic (exact) mass is 478 g/mol. The topological polar surface area (TPSA) is 171 Å². The van der Waals surface area contributed by atoms with Gasteiger partial charge < -0.3 is 30.9 Å². The number of esters is 1. The Kier molecular flexibility index (Phi) is 5.04. The van der Waals surface area contributed by atoms with Gasteiger partial charge in [-0.25, -0.2) is 4.79 Å². The third kappa shape index (κ3) is 2.91. The summed E-state index contributed by atoms with van der Waals surface area (Å²) in [4.78, 5) is 39.0. The van der Waals surface area contributed by atoms with E-state index < -0.39 is 63.8 Å². The maximum atomic E-state index is 13.1. The molecular formula is C22H23ClN2O8. The largest absolute Gasteiger partial charge is 0.509 e. The second kappa shape index (κ2) is 7.21. The van der Waals surface area contributed by atoms with Gasteiger partial charge in [0.15, 0.2) is 11.4 Å². The van der Waals surface area contributed by atoms with E-state index in [1.807, 2.05) is 0 Å². The maximum absolute atomic E-state index is 13.1. The van der Waals surface area contributed by atoms with Gasteiger partial charge in [0.2, 0.25) is 0 Å². The summed E-state index contributed by atoms with van der Waals surface area (Å²) in [5, 5.41) is 43.3. The van der Waals surface area contributed by atoms with Gasteiger partial charge in [-0.3, -0.25) is 14.5 Å². The number of aromatic hydroxyl groups is 1. The summed E-state index contributed by atoms with van der Waals surface area (Å²) in [6.07, 6.45) is 1.12. The molecule has 0 radical (unpaired) electrons. The second-order valence-electron chi connectivity index (χ2n) is 8.94. The van der Waals surface area contributed by atoms with Gasteiger partial charge in [-0.1, -0.05) is 11.6 Å². The SMILES string of the molecule is CN(C)[C@@H]1C(=O)C(C(N)=O)=C(O)[C@@]2(O)C(O)=C[C@@H]([C@@]3(C)OC(=O)c4c(O)ccc(Cl)c43)C[C@@H]12. The Hall–Kier alpha value is -3.08. The minimum atomic E-state index is -2.46. The van der Waals surface area contributed by atoms with Gasteiger partial charge >= 0.3 is 5.97 Å². The van der Waals surface area contributed by atoms with E-state index in [4.69, 9.17) is 22.1 Å². The average Bonchev–Trinajstić information content (AvgIpc) is 2.99. The maximum Gasteiger partial charge on any atom is 0.343 e. The third-order valence-corrected chi connectivity index (χ3v) is 7.25. The summed E-state index contributed by atoms with van der Waals surface area (Å²) in [6.45, 7) is 1.54. The zero-order valence-corrected chi connectivity index (χ0v) is 18.8. The highest BCUT2D eigenvalue weighted by Gasteiger charge is 2.62. The number of nitrogens with two attached hydrogens (primary N) is 1. The van der Waals surface area contributed by atoms with Crippen molar-refractivity contribution < 1.29 is 39.5 Å². The first-order chi connectivity index (χ1) is 15.3. The Morgan fingerprint density at radius 2 is 1.88 bits per heavy atom. The number of phenols is 1. The van der Waals surface area contributed by atoms with Crippen molar-refractivity contribution in [1.82, 2.24) is 4.90 Å². The molecule has 5 atom stereocenters. The third-order valence-electron chi connectivity index (χ3n) is 6.94. The molecule has 6 N–H and O–H groups in total. The number of ether oxygens (including phenoxy) is 1. The van der Waals surface area contributed by atoms with Crippen LogP contribution in [0.25, 0.3) is 0 Å². The molecule has 11 heteroatoms. The molecule has 33 heavy (non-hydrogen) atoms. The van der Waals surface area contributed by atoms with Crippen molar-refractivity contribution in [2.24, 2.45) is 17.6 Å². The van der Waals surface area contributed by atoms with Crippen molar-refractivity contribution in [2.45, 2.75) is 30.6 Å². The molecule has 1 amide bonds. The molecule has 0 spiro atoms. The lowest BCUT2D eigenvalue weighted by atomic mass is 9.61. The highest BCUT2D eigenvalue weighted by Crippen LogP contribution is 2.55. The number of cyclic esters (lactones) is 1. The molecular weight excluding hydrogens is 456 g/mol. The van der Waals surface area contributed by atoms with Crippen molar-refractivity contribution in [3.8, 4) is 5.75 Å². The van der Waals surface area contributed by atoms with E-state index in [2.05, 4.69) is 0 Å². The normalized spacial score (nSPS) is 33.5. The van der Waals surface area contributed by atoms with Gasteiger partial charge in [-0.15, -0.1) is 0 Å². The van der Waals surface area contributed by atoms with Crippen molar-refractivity contribution >= 4 is 29.3 Å². The number of carbonyl (C=O) groups excluding carboxylic acids is 3. The molecule has 1 aromatic rings. The van der Waals surface area contributed by atoms with Gasteiger partial charge in [0.05, 0.1) is 6.04 Å². The number of ketones is 1. The first kappa shape index (κ1) is 23.1. The molecule has 0 aromatic heterocycles. The highest BCUT2D eigenvalue weighted by atomic mass is 35.5. The van der Waals surface area contributed by atoms with Crippen molar-refractivity contribution in [3.05, 3.63) is 51.4 Å². The van der Waals surface area contributed by atoms with Crippen molar-refractivity contribution in [1.29, 1.82) is 0 Å². The quantitative estimate of drug-likeness (QED) is 0.314. The minimum Gasteiger partial charge on any atom is -0.509 e. The van der Waals surface area contributed by atoms with E-state index in [0.717, 1.165) is 0 Å². The Morgan fingerprint density at radius 1 is 1.24 bits per heavy atom. The van der Waals surface area contributed by atoms with Crippen LogP contribution in [0.4, 0.5) is 0 Å². The Morgan fingerprint density at radius 3 is 2.45 bits per heavy atom. The van der Waals surface area contributed by atoms with Crippen LogP contribution in [0, 0.1) is 11.8 Å². The van der Waals surface area contributed by atoms with E-state index in [-0.39, 0.29) is 28.3 Å². The van der Waals surface area contributed by atoms with E-state index in [9.17, 15) is 34.8 Å². The zero-order valence-electron chi connectivity index (χ0n) is 18.0. The van der Waals surface area contributed by atoms with E-state index in [0.29, 0.717) is 0 Å². The zero-order chi connectivity index (χ0) is 24.6. The number of fused-ring (bicyclic) bond motifs is 2. The lowest BCUT2D eigenvalue weighted by molar-refractivity contribution is -0.139. The lowest BCUT2D eigenvalue weighted by Gasteiger charge is -2.50. The number of halogens is 1. The molecule has 1 aliphatic heterocycles. The number of carbonyl (C=O) groups is 3. The first-order valence-electron chi connectivity index (χ1n) is 10.1. The number of aliphatic hydroxyl groups excluding tert-OH is 2. The number of aliphatic hydroxyl groups is 3. The van der Waals surface area contributed by atoms with Gasteiger partial charge in [0.25, 0.3) is 5.91 Å². The number of nitrogens with zero attached hydrogens (tertiary/aromatic N) is 1. The molecule has 0 saturated heterocycles. The van der Waals surface area contributed by atoms with Crippen LogP contribution in [0.1, 0.15) is 29.3 Å². The summed E-state index contributed by atoms with van der Waals surface area (Å²) in [5.74, 6) is -6.92. The average molecular weight is 479 g/mol. The second-order valence-corrected chi connectivity index (χ2v) is 9.35. The number of phenolic OH excluding ortho intramolecular Hbond substituents is 1. The number of rotatable bonds is 3. The molecule has 10 nitrogen and oxygen atoms in total. The number of primary amides is 1. The number of likely N-dealkylation sites (N-methyl/N-ethyl adjacent to an activating group) is 1. The number of hydrogen-bond acceptors (Lipinski definition) is 9. The molecule has 2 aliphatic carbocycles. The fourth-order valence-corrected chi connectivity index (χ4v) is 5.69. The summed E-state index contributed by atoms with van der Waals surface area (Å²) in [6, 6.07) is 1.52. The highest BCUT2D eigenvalue weighted by molar-refractivity contribution is 6.32. The number of benzene rings is 1. The lowest BCUT2D eigenvalue weighted by Crippen LogP contribution is -2.62. The van der Waals surface area contributed by atoms with Gasteiger partial charge in [0.1, 0.15) is 34.0 Å². The Labute approximate surface area is 193 Å². The van der Waals surface area contributed by atoms with Crippen LogP contribution in [-0.4, -0.2) is 68.7 Å². The van der Waals surface area contributed by atoms with Gasteiger partial charge in [-0.2, -0.15) is 0 Å². The predicted molar refractivity (Wildman–Crippen MR) is 114 cm³/mol. The van der Waals surface area contributed by atoms with Crippen molar-refractivity contribution in [2.75, 3.05) is 14.1 Å². The molecule has 3 aliphatic rings. The summed E-state index contributed by atoms with van der Waals surface area (Å²) in [7, 11) is 3.08. The fraction of sp³-hybridized carbons (Fsp3) is 0.409. The Balaban J connectivity index is 1.92. The van der Waals surface area contributed by atoms with Crippen LogP contribution in [0.15, 0.2) is 35.3 Å². The predicted octanol–water partition coefficient (Wildman–Crippen LogP) is 1.05. The van der Waals surface area contributed by atoms with Crippen LogP contribution in [0.2, 0.25) is 5.02 Å². The smallest absolute Gasteiger partial charge is 0.343 e. The molecule has 1 aromatic carbocycles. The van der Waals surface area contributed by atoms with Crippen LogP contribution in [-0.2, 0) is 19.9 Å². The molecule has 1 heterocycles. The van der Waals surface area contributed by atoms with Crippen LogP contribution in [0.3, 0.4) is 0 Å². The standard InChI is InChI=1S/C22H23ClN2O8/c1-21(15-10(23)4-5-11(26)13(15)20(31)33-21)8-6-9-16(25(2)3)17(28)14(19(24)30)18(29)22(9,32)12(27)7-8/h4-5,7-9,16,26-27,29,32H,6H2,1-3H3,(H2,24,30)/t8-,9-,16-,21+,22-/m0/s1. The molecule has 0 unspecified atom stereocenters. The minimum absolute atomic E-state index is 0.0690. The fourth-order valence-electron chi connectivity index (χ4n) is 5.34. The Bertz CT molecular complexity index is 1180. The van der Waals surface area contributed by atoms with Gasteiger partial charge in [0, 0.05) is 22.4 Å². The molecule has 176 valence electrons. The van der Waals surface area contributed by atoms with Crippen LogP contribution < -0.4 is 5.73 Å². The van der Waals surface area contributed by atoms with Crippen LogP contribution >= 0.6 is 11.6 Å². The van der Waals surface area contributed by atoms with E-state index in [1.54, 1.807) is 6.92 Å². The summed E-state index contributed by atoms with van der Waals surface area (Å²) >= 11 is 6.35. The number of amides is 1. The number of hydrogen-bond donors (Lipinski definition) is 5. The van der Waals surface area contributed by atoms with Crippen LogP contribution in [0.5, 0.6) is 5.75 Å². The summed E-state index contributed by atoms with van der Waals surface area (Å²) in [5.41, 5.74) is 0.648. The van der Waals surface area contributed by atoms with Gasteiger partial charge in [-0.05, 0) is 45.6 Å². The number of Topliss-reactive ketones (excluding diaryl/α,β-unsaturated/α-hetero) is 1. The van der Waals surface area contributed by atoms with Crippen molar-refractivity contribution in [3.63, 3.8) is 0 Å². The van der Waals surface area contributed by atoms with E-state index in [1.165, 1.54) is 37.2 Å². The molecule has 0 saturated carbocycles. The molecule has 4 rings (SSSR count). The summed E-state index contributed by atoms with van der Waals surface area (Å²) < 4.78 is 5.62.